The Labute approximate surface area is 179 Å². The molecule has 0 spiro atoms. The molecule has 8 heteroatoms. The first-order valence-corrected chi connectivity index (χ1v) is 11.6. The van der Waals surface area contributed by atoms with Crippen molar-refractivity contribution in [1.82, 2.24) is 25.7 Å². The van der Waals surface area contributed by atoms with E-state index in [2.05, 4.69) is 43.6 Å². The fourth-order valence-corrected chi connectivity index (χ4v) is 5.24. The van der Waals surface area contributed by atoms with Crippen LogP contribution in [0.2, 0.25) is 0 Å². The van der Waals surface area contributed by atoms with Crippen molar-refractivity contribution in [3.8, 4) is 0 Å². The van der Waals surface area contributed by atoms with Gasteiger partial charge >= 0.3 is 0 Å². The molecular formula is C22H36N6O2. The fourth-order valence-electron chi connectivity index (χ4n) is 5.24. The van der Waals surface area contributed by atoms with Crippen LogP contribution in [0.15, 0.2) is 12.4 Å². The minimum Gasteiger partial charge on any atom is -0.383 e. The van der Waals surface area contributed by atoms with Crippen molar-refractivity contribution in [2.24, 2.45) is 5.92 Å². The van der Waals surface area contributed by atoms with E-state index in [9.17, 15) is 0 Å². The van der Waals surface area contributed by atoms with Gasteiger partial charge in [-0.2, -0.15) is 0 Å². The molecule has 2 saturated heterocycles. The molecule has 0 bridgehead atoms. The Kier molecular flexibility index (Phi) is 5.94. The van der Waals surface area contributed by atoms with Crippen molar-refractivity contribution in [2.75, 3.05) is 51.3 Å². The van der Waals surface area contributed by atoms with E-state index in [1.807, 2.05) is 0 Å². The zero-order valence-electron chi connectivity index (χ0n) is 18.3. The number of hydrogen-bond acceptors (Lipinski definition) is 8. The number of hydrazine groups is 1. The molecule has 4 aliphatic rings. The summed E-state index contributed by atoms with van der Waals surface area (Å²) in [7, 11) is 1.77. The summed E-state index contributed by atoms with van der Waals surface area (Å²) in [6, 6.07) is 2.92. The molecule has 8 nitrogen and oxygen atoms in total. The van der Waals surface area contributed by atoms with Crippen LogP contribution < -0.4 is 15.8 Å². The van der Waals surface area contributed by atoms with Gasteiger partial charge in [-0.1, -0.05) is 0 Å². The Hall–Kier alpha value is -1.32. The monoisotopic (exact) mass is 416 g/mol. The van der Waals surface area contributed by atoms with Crippen LogP contribution in [0.4, 0.5) is 5.82 Å². The van der Waals surface area contributed by atoms with Gasteiger partial charge in [0.2, 0.25) is 0 Å². The summed E-state index contributed by atoms with van der Waals surface area (Å²) >= 11 is 0. The van der Waals surface area contributed by atoms with Gasteiger partial charge in [-0.3, -0.25) is 10.3 Å². The maximum atomic E-state index is 6.43. The normalized spacial score (nSPS) is 33.5. The molecule has 0 amide bonds. The van der Waals surface area contributed by atoms with Crippen LogP contribution in [0, 0.1) is 5.92 Å². The quantitative estimate of drug-likeness (QED) is 0.693. The van der Waals surface area contributed by atoms with Crippen molar-refractivity contribution >= 4 is 5.82 Å². The van der Waals surface area contributed by atoms with Gasteiger partial charge in [0.25, 0.3) is 0 Å². The van der Waals surface area contributed by atoms with Crippen molar-refractivity contribution < 1.29 is 9.47 Å². The van der Waals surface area contributed by atoms with E-state index < -0.39 is 0 Å². The molecule has 0 radical (unpaired) electrons. The van der Waals surface area contributed by atoms with E-state index in [0.717, 1.165) is 70.1 Å². The zero-order valence-corrected chi connectivity index (χ0v) is 18.3. The van der Waals surface area contributed by atoms with Gasteiger partial charge in [-0.15, -0.1) is 0 Å². The Morgan fingerprint density at radius 1 is 1.13 bits per heavy atom. The number of nitrogens with zero attached hydrogens (tertiary/aromatic N) is 4. The summed E-state index contributed by atoms with van der Waals surface area (Å²) in [6.07, 6.45) is 7.96. The maximum absolute atomic E-state index is 6.43. The summed E-state index contributed by atoms with van der Waals surface area (Å²) in [5, 5.41) is 0. The number of hydrogen-bond donors (Lipinski definition) is 2. The van der Waals surface area contributed by atoms with Crippen molar-refractivity contribution in [3.63, 3.8) is 0 Å². The Morgan fingerprint density at radius 2 is 1.97 bits per heavy atom. The highest BCUT2D eigenvalue weighted by Crippen LogP contribution is 2.45. The zero-order chi connectivity index (χ0) is 20.6. The minimum atomic E-state index is 0.153. The van der Waals surface area contributed by atoms with E-state index in [-0.39, 0.29) is 11.6 Å². The first kappa shape index (κ1) is 20.6. The molecule has 166 valence electrons. The summed E-state index contributed by atoms with van der Waals surface area (Å²) in [4.78, 5) is 14.1. The van der Waals surface area contributed by atoms with Gasteiger partial charge in [-0.25, -0.2) is 15.4 Å². The molecule has 2 aliphatic carbocycles. The smallest absolute Gasteiger partial charge is 0.132 e. The van der Waals surface area contributed by atoms with Crippen LogP contribution in [0.3, 0.4) is 0 Å². The van der Waals surface area contributed by atoms with Gasteiger partial charge in [0.1, 0.15) is 12.1 Å². The lowest BCUT2D eigenvalue weighted by Crippen LogP contribution is -2.47. The molecule has 2 aliphatic heterocycles. The molecule has 4 unspecified atom stereocenters. The second kappa shape index (κ2) is 8.67. The van der Waals surface area contributed by atoms with Crippen LogP contribution in [-0.2, 0) is 9.47 Å². The molecule has 1 aromatic rings. The van der Waals surface area contributed by atoms with E-state index in [0.29, 0.717) is 18.1 Å². The fraction of sp³-hybridized carbons (Fsp3) is 0.818. The third-order valence-corrected chi connectivity index (χ3v) is 7.41. The number of methoxy groups -OCH3 is 1. The number of nitrogens with one attached hydrogen (secondary N) is 2. The maximum Gasteiger partial charge on any atom is 0.132 e. The number of anilines is 1. The Morgan fingerprint density at radius 3 is 2.73 bits per heavy atom. The van der Waals surface area contributed by atoms with E-state index in [1.54, 1.807) is 13.4 Å². The lowest BCUT2D eigenvalue weighted by Gasteiger charge is -2.36. The van der Waals surface area contributed by atoms with E-state index in [1.165, 1.54) is 12.8 Å². The molecule has 4 atom stereocenters. The van der Waals surface area contributed by atoms with Gasteiger partial charge in [-0.05, 0) is 39.0 Å². The minimum absolute atomic E-state index is 0.153. The van der Waals surface area contributed by atoms with Crippen LogP contribution >= 0.6 is 0 Å². The average molecular weight is 417 g/mol. The van der Waals surface area contributed by atoms with Gasteiger partial charge in [0.05, 0.1) is 30.0 Å². The molecule has 3 heterocycles. The molecule has 2 saturated carbocycles. The SMILES string of the molecule is COCCN1CCN(c2cc(C3NNC4CCC(OC5(C)CC5)CC43)ncn2)CC1. The Balaban J connectivity index is 1.23. The summed E-state index contributed by atoms with van der Waals surface area (Å²) in [5.74, 6) is 1.56. The van der Waals surface area contributed by atoms with Crippen LogP contribution in [0.5, 0.6) is 0 Å². The highest BCUT2D eigenvalue weighted by atomic mass is 16.5. The topological polar surface area (TPSA) is 74.8 Å². The molecule has 4 fully saturated rings. The molecule has 5 rings (SSSR count). The van der Waals surface area contributed by atoms with Gasteiger partial charge < -0.3 is 14.4 Å². The summed E-state index contributed by atoms with van der Waals surface area (Å²) in [5.41, 5.74) is 8.32. The van der Waals surface area contributed by atoms with Crippen molar-refractivity contribution in [3.05, 3.63) is 18.1 Å². The Bertz CT molecular complexity index is 721. The predicted molar refractivity (Wildman–Crippen MR) is 115 cm³/mol. The van der Waals surface area contributed by atoms with E-state index in [4.69, 9.17) is 9.47 Å². The highest BCUT2D eigenvalue weighted by Gasteiger charge is 2.46. The number of rotatable bonds is 7. The van der Waals surface area contributed by atoms with Crippen LogP contribution in [-0.4, -0.2) is 79.1 Å². The van der Waals surface area contributed by atoms with Crippen LogP contribution in [0.25, 0.3) is 0 Å². The number of piperazine rings is 1. The first-order chi connectivity index (χ1) is 14.6. The number of ether oxygens (including phenoxy) is 2. The first-order valence-electron chi connectivity index (χ1n) is 11.6. The molecule has 1 aromatic heterocycles. The van der Waals surface area contributed by atoms with Crippen molar-refractivity contribution in [1.29, 1.82) is 0 Å². The molecule has 0 aromatic carbocycles. The molecule has 2 N–H and O–H groups in total. The second-order valence-electron chi connectivity index (χ2n) is 9.66. The number of fused-ring (bicyclic) bond motifs is 1. The molecular weight excluding hydrogens is 380 g/mol. The predicted octanol–water partition coefficient (Wildman–Crippen LogP) is 1.50. The van der Waals surface area contributed by atoms with Gasteiger partial charge in [0, 0.05) is 57.9 Å². The largest absolute Gasteiger partial charge is 0.383 e. The number of aromatic nitrogens is 2. The van der Waals surface area contributed by atoms with Crippen LogP contribution in [0.1, 0.15) is 50.8 Å². The van der Waals surface area contributed by atoms with Crippen molar-refractivity contribution in [2.45, 2.75) is 62.8 Å². The highest BCUT2D eigenvalue weighted by molar-refractivity contribution is 5.40. The summed E-state index contributed by atoms with van der Waals surface area (Å²) < 4.78 is 11.6. The molecule has 30 heavy (non-hydrogen) atoms. The third kappa shape index (κ3) is 4.48. The lowest BCUT2D eigenvalue weighted by atomic mass is 9.79. The second-order valence-corrected chi connectivity index (χ2v) is 9.66. The van der Waals surface area contributed by atoms with Gasteiger partial charge in [0.15, 0.2) is 0 Å². The third-order valence-electron chi connectivity index (χ3n) is 7.41. The van der Waals surface area contributed by atoms with E-state index >= 15 is 0 Å². The summed E-state index contributed by atoms with van der Waals surface area (Å²) in [6.45, 7) is 8.15. The average Bonchev–Trinajstić information content (AvgIpc) is 3.35. The lowest BCUT2D eigenvalue weighted by molar-refractivity contribution is -0.0500. The standard InChI is InChI=1S/C22H36N6O2/c1-22(5-6-22)30-16-3-4-18-17(13-16)21(26-25-18)19-14-20(24-15-23-19)28-9-7-27(8-10-28)11-12-29-2/h14-18,21,25-26H,3-13H2,1-2H3.